The fraction of sp³-hybridized carbons (Fsp3) is 0. The second-order valence-electron chi connectivity index (χ2n) is 3.77. The number of hydrogen-bond acceptors (Lipinski definition) is 2. The highest BCUT2D eigenvalue weighted by Crippen LogP contribution is 2.25. The molecule has 1 aromatic heterocycles. The van der Waals surface area contributed by atoms with Gasteiger partial charge >= 0.3 is 0 Å². The smallest absolute Gasteiger partial charge is 0.205 e. The van der Waals surface area contributed by atoms with Gasteiger partial charge in [0, 0.05) is 10.7 Å². The fourth-order valence-electron chi connectivity index (χ4n) is 1.92. The maximum atomic E-state index is 6.01. The van der Waals surface area contributed by atoms with Crippen LogP contribution in [0, 0.1) is 0 Å². The minimum atomic E-state index is 0.466. The first kappa shape index (κ1) is 10.2. The van der Waals surface area contributed by atoms with Crippen LogP contribution in [0.15, 0.2) is 48.5 Å². The first-order chi connectivity index (χ1) is 8.25. The van der Waals surface area contributed by atoms with Crippen molar-refractivity contribution in [3.63, 3.8) is 0 Å². The Morgan fingerprint density at radius 3 is 2.59 bits per heavy atom. The number of hydrogen-bond donors (Lipinski definition) is 1. The molecule has 0 unspecified atom stereocenters. The van der Waals surface area contributed by atoms with Gasteiger partial charge < -0.3 is 5.73 Å². The van der Waals surface area contributed by atoms with Crippen LogP contribution in [-0.2, 0) is 0 Å². The van der Waals surface area contributed by atoms with Crippen molar-refractivity contribution in [2.75, 3.05) is 5.73 Å². The van der Waals surface area contributed by atoms with Crippen molar-refractivity contribution in [2.24, 2.45) is 0 Å². The number of rotatable bonds is 1. The van der Waals surface area contributed by atoms with Crippen molar-refractivity contribution in [1.29, 1.82) is 0 Å². The van der Waals surface area contributed by atoms with Crippen LogP contribution in [-0.4, -0.2) is 9.55 Å². The van der Waals surface area contributed by atoms with Crippen LogP contribution in [0.4, 0.5) is 5.95 Å². The van der Waals surface area contributed by atoms with E-state index in [4.69, 9.17) is 17.3 Å². The molecule has 3 nitrogen and oxygen atoms in total. The van der Waals surface area contributed by atoms with Gasteiger partial charge in [0.05, 0.1) is 11.0 Å². The molecule has 0 spiro atoms. The molecule has 0 fully saturated rings. The number of halogens is 1. The maximum absolute atomic E-state index is 6.01. The number of nitrogen functional groups attached to an aromatic ring is 1. The molecule has 0 aliphatic rings. The van der Waals surface area contributed by atoms with E-state index in [2.05, 4.69) is 4.98 Å². The normalized spacial score (nSPS) is 10.9. The molecule has 84 valence electrons. The van der Waals surface area contributed by atoms with Gasteiger partial charge in [-0.2, -0.15) is 0 Å². The first-order valence-electron chi connectivity index (χ1n) is 5.24. The van der Waals surface area contributed by atoms with Crippen molar-refractivity contribution in [1.82, 2.24) is 9.55 Å². The Morgan fingerprint density at radius 2 is 1.82 bits per heavy atom. The molecule has 0 saturated heterocycles. The number of nitrogens with zero attached hydrogens (tertiary/aromatic N) is 2. The SMILES string of the molecule is Nc1nc2ccc(Cl)cc2n1-c1ccccc1. The molecular formula is C13H10ClN3. The molecule has 3 rings (SSSR count). The van der Waals surface area contributed by atoms with E-state index < -0.39 is 0 Å². The van der Waals surface area contributed by atoms with Crippen molar-refractivity contribution in [3.8, 4) is 5.69 Å². The van der Waals surface area contributed by atoms with Crippen LogP contribution in [0.5, 0.6) is 0 Å². The Hall–Kier alpha value is -2.00. The van der Waals surface area contributed by atoms with E-state index in [1.165, 1.54) is 0 Å². The van der Waals surface area contributed by atoms with Crippen LogP contribution in [0.25, 0.3) is 16.7 Å². The predicted molar refractivity (Wildman–Crippen MR) is 70.5 cm³/mol. The van der Waals surface area contributed by atoms with Gasteiger partial charge in [0.1, 0.15) is 0 Å². The molecule has 0 bridgehead atoms. The molecule has 0 aliphatic carbocycles. The van der Waals surface area contributed by atoms with Gasteiger partial charge in [0.25, 0.3) is 0 Å². The van der Waals surface area contributed by atoms with Crippen LogP contribution in [0.3, 0.4) is 0 Å². The lowest BCUT2D eigenvalue weighted by Gasteiger charge is -2.05. The van der Waals surface area contributed by atoms with Gasteiger partial charge in [0.2, 0.25) is 5.95 Å². The largest absolute Gasteiger partial charge is 0.369 e. The van der Waals surface area contributed by atoms with Gasteiger partial charge in [-0.05, 0) is 30.3 Å². The second kappa shape index (κ2) is 3.79. The summed E-state index contributed by atoms with van der Waals surface area (Å²) in [5, 5.41) is 0.676. The highest BCUT2D eigenvalue weighted by molar-refractivity contribution is 6.31. The van der Waals surface area contributed by atoms with Crippen LogP contribution in [0.1, 0.15) is 0 Å². The number of fused-ring (bicyclic) bond motifs is 1. The molecule has 17 heavy (non-hydrogen) atoms. The number of nitrogens with two attached hydrogens (primary N) is 1. The van der Waals surface area contributed by atoms with Crippen molar-refractivity contribution in [2.45, 2.75) is 0 Å². The van der Waals surface area contributed by atoms with Gasteiger partial charge in [-0.1, -0.05) is 29.8 Å². The van der Waals surface area contributed by atoms with E-state index in [0.29, 0.717) is 11.0 Å². The van der Waals surface area contributed by atoms with Crippen LogP contribution in [0.2, 0.25) is 5.02 Å². The average Bonchev–Trinajstić information content (AvgIpc) is 2.65. The Kier molecular flexibility index (Phi) is 2.27. The summed E-state index contributed by atoms with van der Waals surface area (Å²) in [6.07, 6.45) is 0. The minimum absolute atomic E-state index is 0.466. The molecule has 1 heterocycles. The predicted octanol–water partition coefficient (Wildman–Crippen LogP) is 3.26. The van der Waals surface area contributed by atoms with E-state index in [9.17, 15) is 0 Å². The van der Waals surface area contributed by atoms with Gasteiger partial charge in [0.15, 0.2) is 0 Å². The summed E-state index contributed by atoms with van der Waals surface area (Å²) in [6.45, 7) is 0. The third kappa shape index (κ3) is 1.65. The minimum Gasteiger partial charge on any atom is -0.369 e. The van der Waals surface area contributed by atoms with Crippen molar-refractivity contribution >= 4 is 28.6 Å². The van der Waals surface area contributed by atoms with E-state index in [0.717, 1.165) is 16.7 Å². The number of imidazole rings is 1. The zero-order valence-electron chi connectivity index (χ0n) is 8.97. The van der Waals surface area contributed by atoms with Crippen molar-refractivity contribution in [3.05, 3.63) is 53.6 Å². The number of benzene rings is 2. The average molecular weight is 244 g/mol. The summed E-state index contributed by atoms with van der Waals surface area (Å²) in [5.74, 6) is 0.466. The molecule has 2 N–H and O–H groups in total. The van der Waals surface area contributed by atoms with Gasteiger partial charge in [-0.3, -0.25) is 4.57 Å². The summed E-state index contributed by atoms with van der Waals surface area (Å²) >= 11 is 6.01. The zero-order chi connectivity index (χ0) is 11.8. The Morgan fingerprint density at radius 1 is 1.06 bits per heavy atom. The lowest BCUT2D eigenvalue weighted by Crippen LogP contribution is -1.99. The first-order valence-corrected chi connectivity index (χ1v) is 5.62. The van der Waals surface area contributed by atoms with E-state index in [-0.39, 0.29) is 0 Å². The van der Waals surface area contributed by atoms with Gasteiger partial charge in [-0.25, -0.2) is 4.98 Å². The third-order valence-corrected chi connectivity index (χ3v) is 2.89. The van der Waals surface area contributed by atoms with E-state index >= 15 is 0 Å². The topological polar surface area (TPSA) is 43.8 Å². The molecule has 0 aliphatic heterocycles. The highest BCUT2D eigenvalue weighted by atomic mass is 35.5. The quantitative estimate of drug-likeness (QED) is 0.713. The lowest BCUT2D eigenvalue weighted by atomic mass is 10.3. The zero-order valence-corrected chi connectivity index (χ0v) is 9.72. The standard InChI is InChI=1S/C13H10ClN3/c14-9-6-7-11-12(8-9)17(13(15)16-11)10-4-2-1-3-5-10/h1-8H,(H2,15,16). The van der Waals surface area contributed by atoms with Crippen LogP contribution >= 0.6 is 11.6 Å². The van der Waals surface area contributed by atoms with Crippen molar-refractivity contribution < 1.29 is 0 Å². The third-order valence-electron chi connectivity index (χ3n) is 2.66. The maximum Gasteiger partial charge on any atom is 0.205 e. The number of aromatic nitrogens is 2. The molecule has 0 amide bonds. The number of anilines is 1. The molecule has 0 saturated carbocycles. The molecule has 0 atom stereocenters. The molecule has 3 aromatic rings. The lowest BCUT2D eigenvalue weighted by molar-refractivity contribution is 1.11. The molecular weight excluding hydrogens is 234 g/mol. The molecule has 2 aromatic carbocycles. The second-order valence-corrected chi connectivity index (χ2v) is 4.21. The number of para-hydroxylation sites is 1. The summed E-state index contributed by atoms with van der Waals surface area (Å²) in [6, 6.07) is 15.4. The summed E-state index contributed by atoms with van der Waals surface area (Å²) < 4.78 is 1.89. The Balaban J connectivity index is 2.35. The highest BCUT2D eigenvalue weighted by Gasteiger charge is 2.09. The summed E-state index contributed by atoms with van der Waals surface area (Å²) in [5.41, 5.74) is 8.69. The molecule has 0 radical (unpaired) electrons. The van der Waals surface area contributed by atoms with E-state index in [1.807, 2.05) is 53.1 Å². The van der Waals surface area contributed by atoms with Crippen LogP contribution < -0.4 is 5.73 Å². The Bertz CT molecular complexity index is 674. The summed E-state index contributed by atoms with van der Waals surface area (Å²) in [4.78, 5) is 4.31. The monoisotopic (exact) mass is 243 g/mol. The van der Waals surface area contributed by atoms with E-state index in [1.54, 1.807) is 0 Å². The Labute approximate surface area is 103 Å². The summed E-state index contributed by atoms with van der Waals surface area (Å²) in [7, 11) is 0. The van der Waals surface area contributed by atoms with Gasteiger partial charge in [-0.15, -0.1) is 0 Å². The molecule has 4 heteroatoms. The fourth-order valence-corrected chi connectivity index (χ4v) is 2.08.